The number of amides is 1. The molecule has 2 rings (SSSR count). The van der Waals surface area contributed by atoms with E-state index in [-0.39, 0.29) is 28.0 Å². The van der Waals surface area contributed by atoms with Crippen molar-refractivity contribution in [1.82, 2.24) is 5.32 Å². The summed E-state index contributed by atoms with van der Waals surface area (Å²) in [7, 11) is 0. The summed E-state index contributed by atoms with van der Waals surface area (Å²) in [6.07, 6.45) is -0.920. The molecule has 8 heteroatoms. The summed E-state index contributed by atoms with van der Waals surface area (Å²) < 4.78 is 31.5. The zero-order chi connectivity index (χ0) is 12.6. The van der Waals surface area contributed by atoms with E-state index in [0.29, 0.717) is 0 Å². The minimum Gasteiger partial charge on any atom is -0.443 e. The normalized spacial score (nSPS) is 21.6. The molecule has 1 aromatic rings. The lowest BCUT2D eigenvalue weighted by Gasteiger charge is -2.32. The van der Waals surface area contributed by atoms with Gasteiger partial charge in [0.25, 0.3) is 0 Å². The average molecular weight is 319 g/mol. The van der Waals surface area contributed by atoms with Gasteiger partial charge < -0.3 is 10.1 Å². The first kappa shape index (κ1) is 15.3. The summed E-state index contributed by atoms with van der Waals surface area (Å²) in [4.78, 5) is 11.0. The van der Waals surface area contributed by atoms with E-state index in [0.717, 1.165) is 0 Å². The van der Waals surface area contributed by atoms with Crippen LogP contribution in [0.3, 0.4) is 0 Å². The number of nitrogens with one attached hydrogen (secondary N) is 1. The Balaban J connectivity index is 0.00000162. The van der Waals surface area contributed by atoms with Gasteiger partial charge >= 0.3 is 12.0 Å². The molecule has 1 N–H and O–H groups in total. The predicted octanol–water partition coefficient (Wildman–Crippen LogP) is 3.83. The Kier molecular flexibility index (Phi) is 4.64. The molecule has 0 unspecified atom stereocenters. The zero-order valence-corrected chi connectivity index (χ0v) is 11.1. The molecule has 1 fully saturated rings. The molecule has 0 aliphatic carbocycles. The van der Waals surface area contributed by atoms with E-state index in [2.05, 4.69) is 4.74 Å². The van der Waals surface area contributed by atoms with Crippen LogP contribution >= 0.6 is 35.6 Å². The second kappa shape index (κ2) is 5.47. The summed E-state index contributed by atoms with van der Waals surface area (Å²) in [6.45, 7) is -0.995. The Hall–Kier alpha value is -0.780. The highest BCUT2D eigenvalue weighted by atomic mass is 35.5. The van der Waals surface area contributed by atoms with Gasteiger partial charge in [0.05, 0.1) is 0 Å². The number of rotatable bonds is 1. The van der Waals surface area contributed by atoms with Crippen LogP contribution < -0.4 is 5.32 Å². The number of hydrogen-bond donors (Lipinski definition) is 1. The lowest BCUT2D eigenvalue weighted by atomic mass is 10.00. The summed E-state index contributed by atoms with van der Waals surface area (Å²) in [5.74, 6) is -3.26. The van der Waals surface area contributed by atoms with Crippen molar-refractivity contribution < 1.29 is 18.3 Å². The second-order valence-corrected chi connectivity index (χ2v) is 4.36. The van der Waals surface area contributed by atoms with Gasteiger partial charge in [-0.05, 0) is 12.1 Å². The highest BCUT2D eigenvalue weighted by molar-refractivity contribution is 6.36. The Morgan fingerprint density at radius 3 is 2.44 bits per heavy atom. The molecular weight excluding hydrogens is 310 g/mol. The lowest BCUT2D eigenvalue weighted by Crippen LogP contribution is -2.49. The molecule has 0 spiro atoms. The van der Waals surface area contributed by atoms with E-state index in [9.17, 15) is 13.6 Å². The fourth-order valence-electron chi connectivity index (χ4n) is 1.58. The average Bonchev–Trinajstić information content (AvgIpc) is 2.23. The van der Waals surface area contributed by atoms with Crippen molar-refractivity contribution in [3.05, 3.63) is 33.8 Å². The van der Waals surface area contributed by atoms with Gasteiger partial charge in [-0.3, -0.25) is 0 Å². The van der Waals surface area contributed by atoms with Crippen LogP contribution in [0.1, 0.15) is 11.6 Å². The van der Waals surface area contributed by atoms with Crippen molar-refractivity contribution in [2.24, 2.45) is 0 Å². The standard InChI is InChI=1S/C10H7Cl2F2NO2.ClH/c11-5-2-1-3-6(12)7(5)8-10(13,14)4-17-9(16)15-8;/h1-3,8H,4H2,(H,15,16);1H/t8-;/m0./s1. The lowest BCUT2D eigenvalue weighted by molar-refractivity contribution is -0.104. The summed E-state index contributed by atoms with van der Waals surface area (Å²) in [6, 6.07) is 2.82. The highest BCUT2D eigenvalue weighted by Gasteiger charge is 2.48. The van der Waals surface area contributed by atoms with Crippen molar-refractivity contribution in [2.75, 3.05) is 6.61 Å². The third-order valence-corrected chi connectivity index (χ3v) is 3.03. The molecule has 100 valence electrons. The molecule has 3 nitrogen and oxygen atoms in total. The van der Waals surface area contributed by atoms with Crippen molar-refractivity contribution in [3.8, 4) is 0 Å². The van der Waals surface area contributed by atoms with Crippen LogP contribution in [0.2, 0.25) is 10.0 Å². The van der Waals surface area contributed by atoms with E-state index >= 15 is 0 Å². The number of ether oxygens (including phenoxy) is 1. The predicted molar refractivity (Wildman–Crippen MR) is 65.9 cm³/mol. The van der Waals surface area contributed by atoms with Crippen molar-refractivity contribution in [1.29, 1.82) is 0 Å². The number of cyclic esters (lactones) is 1. The number of alkyl halides is 2. The minimum atomic E-state index is -3.26. The Bertz CT molecular complexity index is 450. The number of hydrogen-bond acceptors (Lipinski definition) is 2. The molecule has 0 radical (unpaired) electrons. The smallest absolute Gasteiger partial charge is 0.408 e. The maximum atomic E-state index is 13.6. The third kappa shape index (κ3) is 2.79. The monoisotopic (exact) mass is 317 g/mol. The van der Waals surface area contributed by atoms with Gasteiger partial charge in [-0.15, -0.1) is 12.4 Å². The van der Waals surface area contributed by atoms with Crippen LogP contribution in [-0.2, 0) is 4.74 Å². The Morgan fingerprint density at radius 1 is 1.33 bits per heavy atom. The quantitative estimate of drug-likeness (QED) is 0.854. The first-order valence-corrected chi connectivity index (χ1v) is 5.42. The van der Waals surface area contributed by atoms with E-state index < -0.39 is 24.7 Å². The van der Waals surface area contributed by atoms with Crippen molar-refractivity contribution in [3.63, 3.8) is 0 Å². The van der Waals surface area contributed by atoms with Crippen molar-refractivity contribution in [2.45, 2.75) is 12.0 Å². The van der Waals surface area contributed by atoms with Crippen molar-refractivity contribution >= 4 is 41.7 Å². The molecule has 1 atom stereocenters. The molecule has 1 aliphatic heterocycles. The number of alkyl carbamates (subject to hydrolysis) is 1. The third-order valence-electron chi connectivity index (χ3n) is 2.37. The van der Waals surface area contributed by atoms with Gasteiger partial charge in [-0.2, -0.15) is 0 Å². The number of carbonyl (C=O) groups is 1. The van der Waals surface area contributed by atoms with Crippen LogP contribution in [0, 0.1) is 0 Å². The number of carbonyl (C=O) groups excluding carboxylic acids is 1. The van der Waals surface area contributed by atoms with Gasteiger partial charge in [0.1, 0.15) is 6.04 Å². The first-order chi connectivity index (χ1) is 7.92. The van der Waals surface area contributed by atoms with E-state index in [1.165, 1.54) is 18.2 Å². The van der Waals surface area contributed by atoms with Crippen LogP contribution in [-0.4, -0.2) is 18.6 Å². The van der Waals surface area contributed by atoms with E-state index in [1.54, 1.807) is 0 Å². The molecule has 1 saturated heterocycles. The van der Waals surface area contributed by atoms with Gasteiger partial charge in [-0.1, -0.05) is 29.3 Å². The van der Waals surface area contributed by atoms with E-state index in [1.807, 2.05) is 5.32 Å². The van der Waals surface area contributed by atoms with Gasteiger partial charge in [-0.25, -0.2) is 13.6 Å². The topological polar surface area (TPSA) is 38.3 Å². The molecular formula is C10H8Cl3F2NO2. The maximum Gasteiger partial charge on any atom is 0.408 e. The Morgan fingerprint density at radius 2 is 1.89 bits per heavy atom. The SMILES string of the molecule is Cl.O=C1N[C@@H](c2c(Cl)cccc2Cl)C(F)(F)CO1. The summed E-state index contributed by atoms with van der Waals surface area (Å²) >= 11 is 11.7. The fraction of sp³-hybridized carbons (Fsp3) is 0.300. The summed E-state index contributed by atoms with van der Waals surface area (Å²) in [5, 5.41) is 2.17. The molecule has 0 aromatic heterocycles. The summed E-state index contributed by atoms with van der Waals surface area (Å²) in [5.41, 5.74) is -0.00233. The van der Waals surface area contributed by atoms with Gasteiger partial charge in [0.2, 0.25) is 0 Å². The molecule has 1 aliphatic rings. The van der Waals surface area contributed by atoms with Crippen LogP contribution in [0.4, 0.5) is 13.6 Å². The maximum absolute atomic E-state index is 13.6. The fourth-order valence-corrected chi connectivity index (χ4v) is 2.20. The zero-order valence-electron chi connectivity index (χ0n) is 8.75. The number of halogens is 5. The molecule has 0 saturated carbocycles. The van der Waals surface area contributed by atoms with Gasteiger partial charge in [0, 0.05) is 15.6 Å². The Labute approximate surface area is 118 Å². The molecule has 1 aromatic carbocycles. The minimum absolute atomic E-state index is 0. The first-order valence-electron chi connectivity index (χ1n) is 4.67. The molecule has 18 heavy (non-hydrogen) atoms. The number of benzene rings is 1. The molecule has 1 heterocycles. The molecule has 1 amide bonds. The molecule has 0 bridgehead atoms. The van der Waals surface area contributed by atoms with Crippen LogP contribution in [0.25, 0.3) is 0 Å². The van der Waals surface area contributed by atoms with E-state index in [4.69, 9.17) is 23.2 Å². The second-order valence-electron chi connectivity index (χ2n) is 3.55. The van der Waals surface area contributed by atoms with Crippen LogP contribution in [0.5, 0.6) is 0 Å². The van der Waals surface area contributed by atoms with Crippen LogP contribution in [0.15, 0.2) is 18.2 Å². The largest absolute Gasteiger partial charge is 0.443 e. The highest BCUT2D eigenvalue weighted by Crippen LogP contribution is 2.40. The van der Waals surface area contributed by atoms with Gasteiger partial charge in [0.15, 0.2) is 6.61 Å².